The maximum absolute atomic E-state index is 5.85. The third kappa shape index (κ3) is 4.20. The lowest BCUT2D eigenvalue weighted by Crippen LogP contribution is -2.23. The lowest BCUT2D eigenvalue weighted by molar-refractivity contribution is 0.898. The number of para-hydroxylation sites is 3. The lowest BCUT2D eigenvalue weighted by atomic mass is 10.3. The highest BCUT2D eigenvalue weighted by molar-refractivity contribution is 14.0. The number of benzene rings is 2. The third-order valence-electron chi connectivity index (χ3n) is 3.12. The monoisotopic (exact) mass is 407 g/mol. The molecular formula is C16H18IN5. The van der Waals surface area contributed by atoms with E-state index in [0.717, 1.165) is 29.0 Å². The van der Waals surface area contributed by atoms with E-state index >= 15 is 0 Å². The van der Waals surface area contributed by atoms with Crippen molar-refractivity contribution in [3.8, 4) is 0 Å². The van der Waals surface area contributed by atoms with Gasteiger partial charge in [-0.15, -0.1) is 24.0 Å². The molecule has 22 heavy (non-hydrogen) atoms. The van der Waals surface area contributed by atoms with Gasteiger partial charge in [-0.3, -0.25) is 4.99 Å². The molecule has 0 bridgehead atoms. The van der Waals surface area contributed by atoms with E-state index in [-0.39, 0.29) is 24.0 Å². The van der Waals surface area contributed by atoms with Crippen molar-refractivity contribution < 1.29 is 0 Å². The first-order valence-electron chi connectivity index (χ1n) is 6.87. The number of fused-ring (bicyclic) bond motifs is 1. The van der Waals surface area contributed by atoms with E-state index in [1.807, 2.05) is 54.6 Å². The molecule has 0 radical (unpaired) electrons. The van der Waals surface area contributed by atoms with Gasteiger partial charge < -0.3 is 16.0 Å². The normalized spacial score (nSPS) is 11.2. The molecule has 3 rings (SSSR count). The molecule has 0 saturated heterocycles. The van der Waals surface area contributed by atoms with Crippen molar-refractivity contribution >= 4 is 46.7 Å². The Morgan fingerprint density at radius 2 is 1.82 bits per heavy atom. The van der Waals surface area contributed by atoms with Crippen molar-refractivity contribution in [2.75, 3.05) is 11.9 Å². The number of nitrogens with one attached hydrogen (secondary N) is 2. The number of halogens is 1. The molecule has 0 atom stereocenters. The summed E-state index contributed by atoms with van der Waals surface area (Å²) in [5.74, 6) is 1.34. The number of hydrogen-bond donors (Lipinski definition) is 3. The van der Waals surface area contributed by atoms with E-state index < -0.39 is 0 Å². The van der Waals surface area contributed by atoms with Crippen molar-refractivity contribution in [3.05, 3.63) is 60.4 Å². The van der Waals surface area contributed by atoms with Crippen LogP contribution in [0.2, 0.25) is 0 Å². The quantitative estimate of drug-likeness (QED) is 0.353. The molecule has 1 heterocycles. The van der Waals surface area contributed by atoms with Crippen molar-refractivity contribution in [1.82, 2.24) is 9.97 Å². The average molecular weight is 407 g/mol. The first-order valence-corrected chi connectivity index (χ1v) is 6.87. The number of H-pyrrole nitrogens is 1. The van der Waals surface area contributed by atoms with Gasteiger partial charge in [-0.05, 0) is 24.3 Å². The highest BCUT2D eigenvalue weighted by Gasteiger charge is 2.01. The predicted octanol–water partition coefficient (Wildman–Crippen LogP) is 3.15. The van der Waals surface area contributed by atoms with E-state index in [9.17, 15) is 0 Å². The molecule has 0 aliphatic rings. The van der Waals surface area contributed by atoms with Gasteiger partial charge in [0.25, 0.3) is 0 Å². The molecule has 3 aromatic rings. The number of hydrogen-bond acceptors (Lipinski definition) is 2. The van der Waals surface area contributed by atoms with Crippen LogP contribution in [0.1, 0.15) is 5.82 Å². The summed E-state index contributed by atoms with van der Waals surface area (Å²) in [4.78, 5) is 12.1. The second-order valence-corrected chi connectivity index (χ2v) is 4.71. The van der Waals surface area contributed by atoms with Crippen LogP contribution < -0.4 is 11.1 Å². The van der Waals surface area contributed by atoms with Crippen LogP contribution in [0.25, 0.3) is 11.0 Å². The number of nitrogens with two attached hydrogens (primary N) is 1. The molecule has 0 saturated carbocycles. The van der Waals surface area contributed by atoms with Crippen LogP contribution in [-0.4, -0.2) is 22.5 Å². The van der Waals surface area contributed by atoms with Gasteiger partial charge in [0.15, 0.2) is 5.96 Å². The van der Waals surface area contributed by atoms with Crippen LogP contribution >= 0.6 is 24.0 Å². The van der Waals surface area contributed by atoms with Crippen molar-refractivity contribution in [2.45, 2.75) is 6.42 Å². The average Bonchev–Trinajstić information content (AvgIpc) is 2.91. The number of aromatic amines is 1. The molecule has 1 aromatic heterocycles. The molecule has 0 unspecified atom stereocenters. The maximum atomic E-state index is 5.85. The number of aromatic nitrogens is 2. The van der Waals surface area contributed by atoms with Gasteiger partial charge in [0, 0.05) is 18.7 Å². The second kappa shape index (κ2) is 7.79. The standard InChI is InChI=1S/C16H17N5.HI/c17-16(19-12-6-2-1-3-7-12)18-11-10-15-20-13-8-4-5-9-14(13)21-15;/h1-9H,10-11H2,(H,20,21)(H3,17,18,19);1H. The van der Waals surface area contributed by atoms with Crippen molar-refractivity contribution in [3.63, 3.8) is 0 Å². The minimum atomic E-state index is 0. The summed E-state index contributed by atoms with van der Waals surface area (Å²) < 4.78 is 0. The van der Waals surface area contributed by atoms with Gasteiger partial charge in [0.2, 0.25) is 0 Å². The van der Waals surface area contributed by atoms with E-state index in [2.05, 4.69) is 20.3 Å². The number of rotatable bonds is 4. The first-order chi connectivity index (χ1) is 10.3. The topological polar surface area (TPSA) is 79.1 Å². The van der Waals surface area contributed by atoms with Crippen molar-refractivity contribution in [1.29, 1.82) is 0 Å². The van der Waals surface area contributed by atoms with Gasteiger partial charge >= 0.3 is 0 Å². The number of aliphatic imine (C=N–C) groups is 1. The minimum absolute atomic E-state index is 0. The van der Waals surface area contributed by atoms with Crippen LogP contribution in [0.5, 0.6) is 0 Å². The maximum Gasteiger partial charge on any atom is 0.193 e. The highest BCUT2D eigenvalue weighted by Crippen LogP contribution is 2.10. The van der Waals surface area contributed by atoms with Crippen LogP contribution in [0.4, 0.5) is 5.69 Å². The van der Waals surface area contributed by atoms with E-state index in [1.165, 1.54) is 0 Å². The Bertz CT molecular complexity index is 718. The zero-order chi connectivity index (χ0) is 14.5. The fraction of sp³-hybridized carbons (Fsp3) is 0.125. The molecule has 0 aliphatic carbocycles. The zero-order valence-electron chi connectivity index (χ0n) is 12.0. The van der Waals surface area contributed by atoms with Gasteiger partial charge in [0.1, 0.15) is 5.82 Å². The summed E-state index contributed by atoms with van der Waals surface area (Å²) in [5, 5.41) is 3.05. The van der Waals surface area contributed by atoms with E-state index in [0.29, 0.717) is 12.5 Å². The SMILES string of the molecule is I.NC(=NCCc1nc2ccccc2[nH]1)Nc1ccccc1. The Morgan fingerprint density at radius 1 is 1.09 bits per heavy atom. The number of imidazole rings is 1. The molecule has 6 heteroatoms. The third-order valence-corrected chi connectivity index (χ3v) is 3.12. The second-order valence-electron chi connectivity index (χ2n) is 4.71. The fourth-order valence-electron chi connectivity index (χ4n) is 2.12. The van der Waals surface area contributed by atoms with Gasteiger partial charge in [-0.25, -0.2) is 4.98 Å². The van der Waals surface area contributed by atoms with Gasteiger partial charge in [0.05, 0.1) is 11.0 Å². The Labute approximate surface area is 146 Å². The summed E-state index contributed by atoms with van der Waals surface area (Å²) in [6.45, 7) is 0.589. The summed E-state index contributed by atoms with van der Waals surface area (Å²) in [5.41, 5.74) is 8.81. The Morgan fingerprint density at radius 3 is 2.59 bits per heavy atom. The Kier molecular flexibility index (Phi) is 5.76. The number of anilines is 1. The summed E-state index contributed by atoms with van der Waals surface area (Å²) in [6, 6.07) is 17.7. The molecule has 2 aromatic carbocycles. The fourth-order valence-corrected chi connectivity index (χ4v) is 2.12. The van der Waals surface area contributed by atoms with Crippen LogP contribution in [-0.2, 0) is 6.42 Å². The molecule has 5 nitrogen and oxygen atoms in total. The van der Waals surface area contributed by atoms with Crippen LogP contribution in [0, 0.1) is 0 Å². The summed E-state index contributed by atoms with van der Waals surface area (Å²) in [7, 11) is 0. The smallest absolute Gasteiger partial charge is 0.193 e. The summed E-state index contributed by atoms with van der Waals surface area (Å²) >= 11 is 0. The zero-order valence-corrected chi connectivity index (χ0v) is 14.3. The first kappa shape index (κ1) is 16.3. The van der Waals surface area contributed by atoms with Crippen molar-refractivity contribution in [2.24, 2.45) is 10.7 Å². The van der Waals surface area contributed by atoms with E-state index in [1.54, 1.807) is 0 Å². The molecule has 114 valence electrons. The van der Waals surface area contributed by atoms with Crippen LogP contribution in [0.3, 0.4) is 0 Å². The lowest BCUT2D eigenvalue weighted by Gasteiger charge is -2.04. The van der Waals surface area contributed by atoms with Crippen LogP contribution in [0.15, 0.2) is 59.6 Å². The Hall–Kier alpha value is -2.09. The predicted molar refractivity (Wildman–Crippen MR) is 102 cm³/mol. The largest absolute Gasteiger partial charge is 0.370 e. The number of nitrogens with zero attached hydrogens (tertiary/aromatic N) is 2. The number of guanidine groups is 1. The molecule has 4 N–H and O–H groups in total. The Balaban J connectivity index is 0.00000176. The molecular weight excluding hydrogens is 389 g/mol. The highest BCUT2D eigenvalue weighted by atomic mass is 127. The van der Waals surface area contributed by atoms with E-state index in [4.69, 9.17) is 5.73 Å². The van der Waals surface area contributed by atoms with Gasteiger partial charge in [-0.2, -0.15) is 0 Å². The molecule has 0 amide bonds. The molecule has 0 aliphatic heterocycles. The summed E-state index contributed by atoms with van der Waals surface area (Å²) in [6.07, 6.45) is 0.728. The molecule has 0 spiro atoms. The minimum Gasteiger partial charge on any atom is -0.370 e. The van der Waals surface area contributed by atoms with Gasteiger partial charge in [-0.1, -0.05) is 30.3 Å². The molecule has 0 fully saturated rings.